The van der Waals surface area contributed by atoms with E-state index in [1.165, 1.54) is 11.0 Å². The van der Waals surface area contributed by atoms with Gasteiger partial charge in [0, 0.05) is 24.3 Å². The second kappa shape index (κ2) is 14.1. The monoisotopic (exact) mass is 751 g/mol. The highest BCUT2D eigenvalue weighted by Crippen LogP contribution is 2.45. The van der Waals surface area contributed by atoms with Crippen molar-refractivity contribution in [3.63, 3.8) is 0 Å². The number of nitrogens with one attached hydrogen (secondary N) is 3. The molecular weight excluding hydrogens is 703 g/mol. The van der Waals surface area contributed by atoms with Crippen LogP contribution in [0.15, 0.2) is 36.9 Å². The molecule has 5 amide bonds. The number of carbonyl (C=O) groups is 5. The van der Waals surface area contributed by atoms with Gasteiger partial charge in [0.2, 0.25) is 21.8 Å². The topological polar surface area (TPSA) is 181 Å². The van der Waals surface area contributed by atoms with Crippen LogP contribution in [0.2, 0.25) is 0 Å². The summed E-state index contributed by atoms with van der Waals surface area (Å²) in [7, 11) is -3.91. The molecule has 0 unspecified atom stereocenters. The molecule has 0 spiro atoms. The number of benzene rings is 1. The molecule has 3 N–H and O–H groups in total. The SMILES string of the molecule is C=C[C@@H]1C[C@]1(NC(=O)[C@@H]1C[C@@H]2CN1C(=O)[C@H](C1CCCC1)NC(=O)OCC(C)(C)CC=Cc1cccc3c1CN(C3)C(=O)O2)C(=O)NS(=O)(=O)C1CC1. The van der Waals surface area contributed by atoms with Gasteiger partial charge < -0.3 is 25.0 Å². The van der Waals surface area contributed by atoms with Crippen molar-refractivity contribution in [3.05, 3.63) is 53.6 Å². The van der Waals surface area contributed by atoms with Crippen LogP contribution in [0.5, 0.6) is 0 Å². The Balaban J connectivity index is 1.18. The summed E-state index contributed by atoms with van der Waals surface area (Å²) in [5.41, 5.74) is 0.976. The first-order valence-electron chi connectivity index (χ1n) is 18.7. The van der Waals surface area contributed by atoms with Gasteiger partial charge in [-0.05, 0) is 61.1 Å². The van der Waals surface area contributed by atoms with E-state index in [1.807, 2.05) is 44.2 Å². The smallest absolute Gasteiger partial charge is 0.410 e. The molecular formula is C38H49N5O9S. The Morgan fingerprint density at radius 2 is 1.83 bits per heavy atom. The van der Waals surface area contributed by atoms with E-state index in [9.17, 15) is 32.4 Å². The molecule has 5 atom stereocenters. The Bertz CT molecular complexity index is 1840. The first-order valence-corrected chi connectivity index (χ1v) is 20.2. The van der Waals surface area contributed by atoms with Crippen molar-refractivity contribution < 1.29 is 41.9 Å². The van der Waals surface area contributed by atoms with Crippen LogP contribution < -0.4 is 15.4 Å². The minimum Gasteiger partial charge on any atom is -0.449 e. The van der Waals surface area contributed by atoms with Gasteiger partial charge in [-0.3, -0.25) is 24.0 Å². The highest BCUT2D eigenvalue weighted by Gasteiger charge is 2.62. The molecule has 4 bridgehead atoms. The normalized spacial score (nSPS) is 30.3. The number of hydrogen-bond donors (Lipinski definition) is 3. The summed E-state index contributed by atoms with van der Waals surface area (Å²) in [6.45, 7) is 8.38. The number of sulfonamides is 1. The van der Waals surface area contributed by atoms with Crippen molar-refractivity contribution in [2.45, 2.75) is 114 Å². The van der Waals surface area contributed by atoms with Crippen molar-refractivity contribution in [2.24, 2.45) is 17.3 Å². The molecule has 14 nitrogen and oxygen atoms in total. The first-order chi connectivity index (χ1) is 25.2. The standard InChI is InChI=1S/C38H49N5O9S/c1-4-26-18-38(26,34(46)41-53(49,50)28-14-15-28)40-32(44)30-17-27-20-43(30)33(45)31(24-9-5-6-10-24)39-35(47)51-22-37(2,3)16-8-13-23-11-7-12-25-19-42(21-29(23)25)36(48)52-27/h4,7-8,11-13,24,26-28,30-31H,1,5-6,9-10,14-22H2,2-3H3,(H,39,47)(H,40,44)(H,41,46)/t26-,27-,30+,31+,38-/m1/s1. The number of rotatable bonds is 7. The molecule has 286 valence electrons. The van der Waals surface area contributed by atoms with Crippen LogP contribution in [0.3, 0.4) is 0 Å². The highest BCUT2D eigenvalue weighted by molar-refractivity contribution is 7.91. The molecule has 3 saturated carbocycles. The van der Waals surface area contributed by atoms with Gasteiger partial charge in [-0.25, -0.2) is 18.0 Å². The Hall–Kier alpha value is -4.40. The van der Waals surface area contributed by atoms with Crippen LogP contribution in [0.4, 0.5) is 9.59 Å². The summed E-state index contributed by atoms with van der Waals surface area (Å²) in [5, 5.41) is 4.94. The van der Waals surface area contributed by atoms with Crippen LogP contribution in [0.1, 0.15) is 88.3 Å². The lowest BCUT2D eigenvalue weighted by atomic mass is 9.90. The minimum atomic E-state index is -3.91. The molecule has 0 aromatic heterocycles. The number of ether oxygens (including phenoxy) is 2. The number of cyclic esters (lactones) is 1. The first kappa shape index (κ1) is 36.9. The quantitative estimate of drug-likeness (QED) is 0.352. The maximum Gasteiger partial charge on any atom is 0.410 e. The number of allylic oxidation sites excluding steroid dienone is 1. The number of amides is 5. The van der Waals surface area contributed by atoms with Crippen molar-refractivity contribution in [3.8, 4) is 0 Å². The Morgan fingerprint density at radius 3 is 2.53 bits per heavy atom. The van der Waals surface area contributed by atoms with E-state index in [2.05, 4.69) is 21.9 Å². The average Bonchev–Trinajstić information content (AvgIpc) is 3.89. The van der Waals surface area contributed by atoms with Crippen molar-refractivity contribution in [1.82, 2.24) is 25.2 Å². The molecule has 1 aromatic carbocycles. The highest BCUT2D eigenvalue weighted by atomic mass is 32.2. The van der Waals surface area contributed by atoms with Crippen molar-refractivity contribution in [1.29, 1.82) is 0 Å². The Kier molecular flexibility index (Phi) is 9.83. The maximum absolute atomic E-state index is 14.6. The van der Waals surface area contributed by atoms with Gasteiger partial charge in [-0.15, -0.1) is 6.58 Å². The number of carbonyl (C=O) groups excluding carboxylic acids is 5. The third kappa shape index (κ3) is 7.67. The van der Waals surface area contributed by atoms with E-state index in [4.69, 9.17) is 9.47 Å². The van der Waals surface area contributed by atoms with Crippen LogP contribution in [-0.4, -0.2) is 90.3 Å². The second-order valence-corrected chi connectivity index (χ2v) is 18.2. The minimum absolute atomic E-state index is 0.0645. The Labute approximate surface area is 310 Å². The molecule has 1 saturated heterocycles. The molecule has 7 rings (SSSR count). The van der Waals surface area contributed by atoms with Crippen LogP contribution in [0.25, 0.3) is 6.08 Å². The van der Waals surface area contributed by atoms with Gasteiger partial charge in [0.1, 0.15) is 23.7 Å². The largest absolute Gasteiger partial charge is 0.449 e. The fourth-order valence-electron chi connectivity index (χ4n) is 8.19. The predicted molar refractivity (Wildman–Crippen MR) is 193 cm³/mol. The lowest BCUT2D eigenvalue weighted by molar-refractivity contribution is -0.142. The number of fused-ring (bicyclic) bond motifs is 3. The predicted octanol–water partition coefficient (Wildman–Crippen LogP) is 3.51. The summed E-state index contributed by atoms with van der Waals surface area (Å²) in [6, 6.07) is 3.70. The zero-order valence-corrected chi connectivity index (χ0v) is 31.1. The third-order valence-corrected chi connectivity index (χ3v) is 13.4. The third-order valence-electron chi connectivity index (χ3n) is 11.6. The van der Waals surface area contributed by atoms with Gasteiger partial charge >= 0.3 is 12.2 Å². The summed E-state index contributed by atoms with van der Waals surface area (Å²) in [4.78, 5) is 72.2. The summed E-state index contributed by atoms with van der Waals surface area (Å²) < 4.78 is 39.2. The molecule has 6 aliphatic rings. The summed E-state index contributed by atoms with van der Waals surface area (Å²) in [6.07, 6.45) is 8.04. The lowest BCUT2D eigenvalue weighted by Crippen LogP contribution is -2.59. The molecule has 3 heterocycles. The van der Waals surface area contributed by atoms with E-state index < -0.39 is 80.2 Å². The van der Waals surface area contributed by atoms with Crippen LogP contribution in [0, 0.1) is 17.3 Å². The van der Waals surface area contributed by atoms with E-state index >= 15 is 0 Å². The second-order valence-electron chi connectivity index (χ2n) is 16.3. The molecule has 1 aromatic rings. The molecule has 4 fully saturated rings. The van der Waals surface area contributed by atoms with Gasteiger partial charge in [-0.1, -0.05) is 63.1 Å². The fourth-order valence-corrected chi connectivity index (χ4v) is 9.55. The zero-order chi connectivity index (χ0) is 37.7. The molecule has 3 aliphatic carbocycles. The van der Waals surface area contributed by atoms with Crippen LogP contribution in [-0.2, 0) is 47.0 Å². The van der Waals surface area contributed by atoms with E-state index in [-0.39, 0.29) is 31.9 Å². The molecule has 53 heavy (non-hydrogen) atoms. The maximum atomic E-state index is 14.6. The van der Waals surface area contributed by atoms with Gasteiger partial charge in [0.05, 0.1) is 24.9 Å². The van der Waals surface area contributed by atoms with Gasteiger partial charge in [0.25, 0.3) is 5.91 Å². The van der Waals surface area contributed by atoms with E-state index in [0.29, 0.717) is 45.2 Å². The number of alkyl carbamates (subject to hydrolysis) is 1. The number of nitrogens with zero attached hydrogens (tertiary/aromatic N) is 2. The van der Waals surface area contributed by atoms with Gasteiger partial charge in [-0.2, -0.15) is 0 Å². The summed E-state index contributed by atoms with van der Waals surface area (Å²) in [5.74, 6) is -2.80. The lowest BCUT2D eigenvalue weighted by Gasteiger charge is -2.32. The molecule has 0 radical (unpaired) electrons. The number of hydrogen-bond acceptors (Lipinski definition) is 9. The van der Waals surface area contributed by atoms with E-state index in [0.717, 1.165) is 29.5 Å². The molecule has 15 heteroatoms. The van der Waals surface area contributed by atoms with E-state index in [1.54, 1.807) is 4.90 Å². The zero-order valence-electron chi connectivity index (χ0n) is 30.3. The van der Waals surface area contributed by atoms with Gasteiger partial charge in [0.15, 0.2) is 0 Å². The van der Waals surface area contributed by atoms with Crippen molar-refractivity contribution in [2.75, 3.05) is 13.2 Å². The fraction of sp³-hybridized carbons (Fsp3) is 0.605. The Morgan fingerprint density at radius 1 is 1.08 bits per heavy atom. The molecule has 3 aliphatic heterocycles. The van der Waals surface area contributed by atoms with Crippen molar-refractivity contribution >= 4 is 46.0 Å². The average molecular weight is 752 g/mol. The van der Waals surface area contributed by atoms with Crippen LogP contribution >= 0.6 is 0 Å². The summed E-state index contributed by atoms with van der Waals surface area (Å²) >= 11 is 0.